The van der Waals surface area contributed by atoms with E-state index < -0.39 is 0 Å². The Morgan fingerprint density at radius 1 is 1.31 bits per heavy atom. The summed E-state index contributed by atoms with van der Waals surface area (Å²) in [5, 5.41) is 9.37. The van der Waals surface area contributed by atoms with E-state index in [0.717, 1.165) is 18.3 Å². The van der Waals surface area contributed by atoms with Crippen molar-refractivity contribution in [1.82, 2.24) is 0 Å². The predicted molar refractivity (Wildman–Crippen MR) is 56.6 cm³/mol. The molecular formula is C12H24O. The Bertz CT molecular complexity index is 137. The fourth-order valence-electron chi connectivity index (χ4n) is 2.54. The van der Waals surface area contributed by atoms with Crippen molar-refractivity contribution in [3.05, 3.63) is 0 Å². The largest absolute Gasteiger partial charge is 0.396 e. The molecule has 0 atom stereocenters. The molecule has 0 saturated heterocycles. The fraction of sp³-hybridized carbons (Fsp3) is 1.00. The van der Waals surface area contributed by atoms with E-state index in [9.17, 15) is 5.11 Å². The van der Waals surface area contributed by atoms with E-state index in [0.29, 0.717) is 6.61 Å². The van der Waals surface area contributed by atoms with Crippen LogP contribution >= 0.6 is 0 Å². The van der Waals surface area contributed by atoms with Crippen LogP contribution in [0.2, 0.25) is 0 Å². The van der Waals surface area contributed by atoms with Crippen molar-refractivity contribution in [2.75, 3.05) is 6.61 Å². The van der Waals surface area contributed by atoms with Gasteiger partial charge in [-0.15, -0.1) is 0 Å². The molecule has 1 heteroatoms. The SMILES string of the molecule is CCC1(CO)CCC(C(C)C)CC1. The molecule has 1 nitrogen and oxygen atoms in total. The predicted octanol–water partition coefficient (Wildman–Crippen LogP) is 3.22. The van der Waals surface area contributed by atoms with Gasteiger partial charge in [0.05, 0.1) is 0 Å². The van der Waals surface area contributed by atoms with Gasteiger partial charge in [0.2, 0.25) is 0 Å². The Balaban J connectivity index is 2.45. The van der Waals surface area contributed by atoms with Gasteiger partial charge < -0.3 is 5.11 Å². The van der Waals surface area contributed by atoms with E-state index in [1.165, 1.54) is 25.7 Å². The highest BCUT2D eigenvalue weighted by atomic mass is 16.3. The number of aliphatic hydroxyl groups excluding tert-OH is 1. The Labute approximate surface area is 82.5 Å². The minimum absolute atomic E-state index is 0.283. The molecular weight excluding hydrogens is 160 g/mol. The fourth-order valence-corrected chi connectivity index (χ4v) is 2.54. The zero-order valence-corrected chi connectivity index (χ0v) is 9.34. The molecule has 0 amide bonds. The number of aliphatic hydroxyl groups is 1. The van der Waals surface area contributed by atoms with E-state index in [1.807, 2.05) is 0 Å². The summed E-state index contributed by atoms with van der Waals surface area (Å²) in [6.45, 7) is 7.26. The summed E-state index contributed by atoms with van der Waals surface area (Å²) in [4.78, 5) is 0. The normalized spacial score (nSPS) is 35.3. The third kappa shape index (κ3) is 2.46. The molecule has 1 rings (SSSR count). The van der Waals surface area contributed by atoms with Crippen LogP contribution in [0.1, 0.15) is 52.9 Å². The molecule has 0 heterocycles. The van der Waals surface area contributed by atoms with Crippen molar-refractivity contribution in [2.24, 2.45) is 17.3 Å². The summed E-state index contributed by atoms with van der Waals surface area (Å²) in [5.41, 5.74) is 0.283. The van der Waals surface area contributed by atoms with Gasteiger partial charge >= 0.3 is 0 Å². The average Bonchev–Trinajstić information content (AvgIpc) is 2.18. The lowest BCUT2D eigenvalue weighted by molar-refractivity contribution is 0.0512. The van der Waals surface area contributed by atoms with Crippen molar-refractivity contribution in [3.8, 4) is 0 Å². The molecule has 1 aliphatic carbocycles. The first-order valence-corrected chi connectivity index (χ1v) is 5.74. The Hall–Kier alpha value is -0.0400. The Morgan fingerprint density at radius 3 is 2.15 bits per heavy atom. The van der Waals surface area contributed by atoms with Crippen LogP contribution in [0.25, 0.3) is 0 Å². The van der Waals surface area contributed by atoms with Crippen molar-refractivity contribution in [1.29, 1.82) is 0 Å². The Morgan fingerprint density at radius 2 is 1.85 bits per heavy atom. The molecule has 1 aliphatic rings. The monoisotopic (exact) mass is 184 g/mol. The molecule has 0 aliphatic heterocycles. The van der Waals surface area contributed by atoms with Gasteiger partial charge in [-0.25, -0.2) is 0 Å². The van der Waals surface area contributed by atoms with Gasteiger partial charge in [0.25, 0.3) is 0 Å². The number of hydrogen-bond acceptors (Lipinski definition) is 1. The second-order valence-electron chi connectivity index (χ2n) is 5.09. The van der Waals surface area contributed by atoms with E-state index >= 15 is 0 Å². The van der Waals surface area contributed by atoms with E-state index in [4.69, 9.17) is 0 Å². The molecule has 1 N–H and O–H groups in total. The molecule has 1 fully saturated rings. The summed E-state index contributed by atoms with van der Waals surface area (Å²) in [5.74, 6) is 1.74. The first kappa shape index (κ1) is 11.0. The highest BCUT2D eigenvalue weighted by Gasteiger charge is 2.33. The third-order valence-corrected chi connectivity index (χ3v) is 4.12. The van der Waals surface area contributed by atoms with Gasteiger partial charge in [-0.05, 0) is 49.4 Å². The first-order valence-electron chi connectivity index (χ1n) is 5.74. The summed E-state index contributed by atoms with van der Waals surface area (Å²) < 4.78 is 0. The summed E-state index contributed by atoms with van der Waals surface area (Å²) in [6.07, 6.45) is 6.28. The molecule has 0 aromatic rings. The highest BCUT2D eigenvalue weighted by Crippen LogP contribution is 2.43. The van der Waals surface area contributed by atoms with Crippen molar-refractivity contribution < 1.29 is 5.11 Å². The molecule has 13 heavy (non-hydrogen) atoms. The second kappa shape index (κ2) is 4.45. The maximum Gasteiger partial charge on any atom is 0.0487 e. The lowest BCUT2D eigenvalue weighted by Crippen LogP contribution is -2.31. The smallest absolute Gasteiger partial charge is 0.0487 e. The standard InChI is InChI=1S/C12H24O/c1-4-12(9-13)7-5-11(6-8-12)10(2)3/h10-11,13H,4-9H2,1-3H3. The van der Waals surface area contributed by atoms with Gasteiger partial charge in [0.1, 0.15) is 0 Å². The van der Waals surface area contributed by atoms with Crippen LogP contribution in [0.15, 0.2) is 0 Å². The van der Waals surface area contributed by atoms with Gasteiger partial charge in [-0.1, -0.05) is 20.8 Å². The molecule has 0 unspecified atom stereocenters. The molecule has 0 spiro atoms. The zero-order valence-electron chi connectivity index (χ0n) is 9.34. The van der Waals surface area contributed by atoms with Crippen molar-refractivity contribution in [3.63, 3.8) is 0 Å². The van der Waals surface area contributed by atoms with Crippen LogP contribution in [-0.4, -0.2) is 11.7 Å². The summed E-state index contributed by atoms with van der Waals surface area (Å²) >= 11 is 0. The molecule has 0 aromatic carbocycles. The number of rotatable bonds is 3. The lowest BCUT2D eigenvalue weighted by atomic mass is 9.67. The van der Waals surface area contributed by atoms with Gasteiger partial charge in [0, 0.05) is 6.61 Å². The second-order valence-corrected chi connectivity index (χ2v) is 5.09. The van der Waals surface area contributed by atoms with Gasteiger partial charge in [-0.2, -0.15) is 0 Å². The van der Waals surface area contributed by atoms with Crippen LogP contribution < -0.4 is 0 Å². The highest BCUT2D eigenvalue weighted by molar-refractivity contribution is 4.84. The minimum atomic E-state index is 0.283. The third-order valence-electron chi connectivity index (χ3n) is 4.12. The van der Waals surface area contributed by atoms with Gasteiger partial charge in [0.15, 0.2) is 0 Å². The summed E-state index contributed by atoms with van der Waals surface area (Å²) in [7, 11) is 0. The van der Waals surface area contributed by atoms with E-state index in [-0.39, 0.29) is 5.41 Å². The molecule has 0 aromatic heterocycles. The molecule has 0 radical (unpaired) electrons. The zero-order chi connectivity index (χ0) is 9.90. The van der Waals surface area contributed by atoms with E-state index in [1.54, 1.807) is 0 Å². The van der Waals surface area contributed by atoms with Crippen LogP contribution in [0.5, 0.6) is 0 Å². The quantitative estimate of drug-likeness (QED) is 0.714. The summed E-state index contributed by atoms with van der Waals surface area (Å²) in [6, 6.07) is 0. The van der Waals surface area contributed by atoms with Crippen LogP contribution in [0.4, 0.5) is 0 Å². The molecule has 1 saturated carbocycles. The molecule has 0 bridgehead atoms. The van der Waals surface area contributed by atoms with Gasteiger partial charge in [-0.3, -0.25) is 0 Å². The topological polar surface area (TPSA) is 20.2 Å². The number of hydrogen-bond donors (Lipinski definition) is 1. The van der Waals surface area contributed by atoms with Crippen molar-refractivity contribution in [2.45, 2.75) is 52.9 Å². The van der Waals surface area contributed by atoms with Crippen molar-refractivity contribution >= 4 is 0 Å². The van der Waals surface area contributed by atoms with Crippen LogP contribution in [-0.2, 0) is 0 Å². The molecule has 78 valence electrons. The maximum atomic E-state index is 9.37. The van der Waals surface area contributed by atoms with Crippen LogP contribution in [0, 0.1) is 17.3 Å². The van der Waals surface area contributed by atoms with E-state index in [2.05, 4.69) is 20.8 Å². The average molecular weight is 184 g/mol. The minimum Gasteiger partial charge on any atom is -0.396 e. The first-order chi connectivity index (χ1) is 6.13. The van der Waals surface area contributed by atoms with Crippen LogP contribution in [0.3, 0.4) is 0 Å². The Kier molecular flexibility index (Phi) is 3.78. The lowest BCUT2D eigenvalue weighted by Gasteiger charge is -2.39. The maximum absolute atomic E-state index is 9.37.